The van der Waals surface area contributed by atoms with Gasteiger partial charge in [-0.05, 0) is 99.6 Å². The van der Waals surface area contributed by atoms with Crippen LogP contribution in [0.2, 0.25) is 15.1 Å². The van der Waals surface area contributed by atoms with E-state index in [1.165, 1.54) is 37.1 Å². The van der Waals surface area contributed by atoms with Gasteiger partial charge in [0.15, 0.2) is 0 Å². The van der Waals surface area contributed by atoms with E-state index in [2.05, 4.69) is 26.8 Å². The Morgan fingerprint density at radius 3 is 2.29 bits per heavy atom. The van der Waals surface area contributed by atoms with Crippen LogP contribution in [-0.4, -0.2) is 92.9 Å². The van der Waals surface area contributed by atoms with Crippen LogP contribution in [0.3, 0.4) is 0 Å². The van der Waals surface area contributed by atoms with Crippen LogP contribution in [0.4, 0.5) is 0 Å². The summed E-state index contributed by atoms with van der Waals surface area (Å²) in [7, 11) is 0. The molecule has 0 radical (unpaired) electrons. The van der Waals surface area contributed by atoms with Crippen LogP contribution in [-0.2, 0) is 11.2 Å². The topological polar surface area (TPSA) is 28.2 Å². The highest BCUT2D eigenvalue weighted by molar-refractivity contribution is 6.35. The van der Waals surface area contributed by atoms with Crippen LogP contribution in [0.15, 0.2) is 36.4 Å². The van der Waals surface area contributed by atoms with Gasteiger partial charge in [-0.25, -0.2) is 0 Å². The summed E-state index contributed by atoms with van der Waals surface area (Å²) in [5.41, 5.74) is 2.48. The lowest BCUT2D eigenvalue weighted by Crippen LogP contribution is -2.51. The summed E-state index contributed by atoms with van der Waals surface area (Å²) in [6.07, 6.45) is 5.78. The SMILES string of the molecule is Clc1ccc(C[C@H](CN2CCC(c3ccc(Cl)cc3OCCN3CCCC3)CC2)N2CCOCC2)c(Cl)c1. The number of ether oxygens (including phenoxy) is 2. The molecular weight excluding hydrogens is 541 g/mol. The predicted octanol–water partition coefficient (Wildman–Crippen LogP) is 6.24. The number of hydrogen-bond donors (Lipinski definition) is 0. The Balaban J connectivity index is 1.19. The molecule has 0 N–H and O–H groups in total. The van der Waals surface area contributed by atoms with E-state index in [-0.39, 0.29) is 0 Å². The first kappa shape index (κ1) is 28.5. The van der Waals surface area contributed by atoms with Crippen molar-refractivity contribution < 1.29 is 9.47 Å². The second-order valence-electron chi connectivity index (χ2n) is 10.9. The smallest absolute Gasteiger partial charge is 0.124 e. The Bertz CT molecular complexity index is 1040. The van der Waals surface area contributed by atoms with E-state index in [4.69, 9.17) is 44.3 Å². The van der Waals surface area contributed by atoms with Crippen LogP contribution in [0.1, 0.15) is 42.7 Å². The van der Waals surface area contributed by atoms with E-state index >= 15 is 0 Å². The van der Waals surface area contributed by atoms with Crippen LogP contribution in [0.5, 0.6) is 5.75 Å². The highest BCUT2D eigenvalue weighted by atomic mass is 35.5. The minimum atomic E-state index is 0.397. The Morgan fingerprint density at radius 1 is 0.842 bits per heavy atom. The molecule has 3 fully saturated rings. The molecule has 208 valence electrons. The summed E-state index contributed by atoms with van der Waals surface area (Å²) in [6, 6.07) is 12.5. The Morgan fingerprint density at radius 2 is 1.55 bits per heavy atom. The molecule has 5 nitrogen and oxygen atoms in total. The third kappa shape index (κ3) is 7.78. The van der Waals surface area contributed by atoms with Gasteiger partial charge in [-0.3, -0.25) is 9.80 Å². The molecule has 0 spiro atoms. The molecule has 3 aliphatic heterocycles. The van der Waals surface area contributed by atoms with Gasteiger partial charge in [0, 0.05) is 47.3 Å². The third-order valence-corrected chi connectivity index (χ3v) is 9.19. The molecule has 0 unspecified atom stereocenters. The number of piperidine rings is 1. The van der Waals surface area contributed by atoms with Crippen molar-refractivity contribution >= 4 is 34.8 Å². The summed E-state index contributed by atoms with van der Waals surface area (Å²) >= 11 is 19.1. The summed E-state index contributed by atoms with van der Waals surface area (Å²) in [6.45, 7) is 10.8. The Labute approximate surface area is 242 Å². The van der Waals surface area contributed by atoms with Gasteiger partial charge in [0.2, 0.25) is 0 Å². The monoisotopic (exact) mass is 579 g/mol. The zero-order valence-electron chi connectivity index (χ0n) is 22.2. The second kappa shape index (κ2) is 14.0. The molecule has 0 aromatic heterocycles. The van der Waals surface area contributed by atoms with Gasteiger partial charge >= 0.3 is 0 Å². The molecule has 0 bridgehead atoms. The van der Waals surface area contributed by atoms with Gasteiger partial charge in [-0.15, -0.1) is 0 Å². The van der Waals surface area contributed by atoms with E-state index in [1.54, 1.807) is 0 Å². The van der Waals surface area contributed by atoms with E-state index < -0.39 is 0 Å². The first-order chi connectivity index (χ1) is 18.5. The number of hydrogen-bond acceptors (Lipinski definition) is 5. The van der Waals surface area contributed by atoms with E-state index in [9.17, 15) is 0 Å². The van der Waals surface area contributed by atoms with Crippen LogP contribution in [0, 0.1) is 0 Å². The van der Waals surface area contributed by atoms with Gasteiger partial charge in [0.1, 0.15) is 12.4 Å². The Hall–Kier alpha value is -1.05. The Kier molecular flexibility index (Phi) is 10.5. The molecule has 3 aliphatic rings. The summed E-state index contributed by atoms with van der Waals surface area (Å²) in [4.78, 5) is 7.70. The number of halogens is 3. The van der Waals surface area contributed by atoms with Gasteiger partial charge in [0.25, 0.3) is 0 Å². The maximum Gasteiger partial charge on any atom is 0.124 e. The molecule has 2 aromatic rings. The largest absolute Gasteiger partial charge is 0.492 e. The van der Waals surface area contributed by atoms with Crippen molar-refractivity contribution in [2.45, 2.75) is 44.1 Å². The zero-order valence-corrected chi connectivity index (χ0v) is 24.5. The molecule has 3 heterocycles. The summed E-state index contributed by atoms with van der Waals surface area (Å²) in [5, 5.41) is 2.19. The molecule has 0 saturated carbocycles. The number of nitrogens with zero attached hydrogens (tertiary/aromatic N) is 3. The van der Waals surface area contributed by atoms with Crippen molar-refractivity contribution in [3.63, 3.8) is 0 Å². The molecule has 3 saturated heterocycles. The summed E-state index contributed by atoms with van der Waals surface area (Å²) < 4.78 is 12.0. The van der Waals surface area contributed by atoms with Crippen molar-refractivity contribution in [2.75, 3.05) is 72.2 Å². The second-order valence-corrected chi connectivity index (χ2v) is 12.2. The highest BCUT2D eigenvalue weighted by Gasteiger charge is 2.28. The normalized spacial score (nSPS) is 21.1. The standard InChI is InChI=1S/C30H40Cl3N3O2/c31-25-4-3-24(29(33)20-25)19-27(36-14-16-37-17-15-36)22-35-11-7-23(8-12-35)28-6-5-26(32)21-30(28)38-18-13-34-9-1-2-10-34/h3-6,20-21,23,27H,1-2,7-19,22H2/t27-/m1/s1. The predicted molar refractivity (Wildman–Crippen MR) is 157 cm³/mol. The fourth-order valence-corrected chi connectivity index (χ4v) is 6.83. The minimum absolute atomic E-state index is 0.397. The van der Waals surface area contributed by atoms with E-state index in [1.807, 2.05) is 24.3 Å². The molecule has 38 heavy (non-hydrogen) atoms. The van der Waals surface area contributed by atoms with Crippen molar-refractivity contribution in [2.24, 2.45) is 0 Å². The third-order valence-electron chi connectivity index (χ3n) is 8.37. The van der Waals surface area contributed by atoms with Crippen molar-refractivity contribution in [3.8, 4) is 5.75 Å². The van der Waals surface area contributed by atoms with Gasteiger partial charge in [-0.1, -0.05) is 46.9 Å². The molecule has 5 rings (SSSR count). The average molecular weight is 581 g/mol. The maximum absolute atomic E-state index is 6.58. The van der Waals surface area contributed by atoms with Gasteiger partial charge in [0.05, 0.1) is 13.2 Å². The highest BCUT2D eigenvalue weighted by Crippen LogP contribution is 2.36. The van der Waals surface area contributed by atoms with Gasteiger partial charge < -0.3 is 14.4 Å². The number of likely N-dealkylation sites (tertiary alicyclic amines) is 2. The van der Waals surface area contributed by atoms with Crippen molar-refractivity contribution in [3.05, 3.63) is 62.6 Å². The lowest BCUT2D eigenvalue weighted by molar-refractivity contribution is 0.00642. The average Bonchev–Trinajstić information content (AvgIpc) is 3.45. The van der Waals surface area contributed by atoms with Crippen LogP contribution >= 0.6 is 34.8 Å². The van der Waals surface area contributed by atoms with Crippen molar-refractivity contribution in [1.82, 2.24) is 14.7 Å². The van der Waals surface area contributed by atoms with E-state index in [0.717, 1.165) is 94.1 Å². The molecule has 2 aromatic carbocycles. The first-order valence-corrected chi connectivity index (χ1v) is 15.3. The summed E-state index contributed by atoms with van der Waals surface area (Å²) in [5.74, 6) is 1.47. The fraction of sp³-hybridized carbons (Fsp3) is 0.600. The van der Waals surface area contributed by atoms with Crippen LogP contribution in [0.25, 0.3) is 0 Å². The van der Waals surface area contributed by atoms with Crippen LogP contribution < -0.4 is 4.74 Å². The molecular formula is C30H40Cl3N3O2. The quantitative estimate of drug-likeness (QED) is 0.332. The van der Waals surface area contributed by atoms with E-state index in [0.29, 0.717) is 17.0 Å². The lowest BCUT2D eigenvalue weighted by Gasteiger charge is -2.40. The maximum atomic E-state index is 6.58. The number of benzene rings is 2. The fourth-order valence-electron chi connectivity index (χ4n) is 6.18. The molecule has 0 aliphatic carbocycles. The first-order valence-electron chi connectivity index (χ1n) is 14.2. The van der Waals surface area contributed by atoms with Gasteiger partial charge in [-0.2, -0.15) is 0 Å². The molecule has 0 amide bonds. The molecule has 1 atom stereocenters. The lowest BCUT2D eigenvalue weighted by atomic mass is 9.88. The number of morpholine rings is 1. The molecule has 8 heteroatoms. The zero-order chi connectivity index (χ0) is 26.3. The minimum Gasteiger partial charge on any atom is -0.492 e. The van der Waals surface area contributed by atoms with Crippen molar-refractivity contribution in [1.29, 1.82) is 0 Å². The number of rotatable bonds is 10.